The second kappa shape index (κ2) is 8.31. The standard InChI is InChI=1S/C18H28N4O/c19-18(22-10-12-23-13-11-22)20-14-16-4-6-17(7-5-16)15-21-8-2-1-3-9-21/h4-7H,1-3,8-15H2,(H2,19,20). The van der Waals surface area contributed by atoms with Gasteiger partial charge in [0.05, 0.1) is 19.8 Å². The Kier molecular flexibility index (Phi) is 5.88. The monoisotopic (exact) mass is 316 g/mol. The molecular formula is C18H28N4O. The lowest BCUT2D eigenvalue weighted by atomic mass is 10.1. The third kappa shape index (κ3) is 4.94. The summed E-state index contributed by atoms with van der Waals surface area (Å²) in [5.74, 6) is 0.630. The highest BCUT2D eigenvalue weighted by atomic mass is 16.5. The third-order valence-corrected chi connectivity index (χ3v) is 4.64. The van der Waals surface area contributed by atoms with Crippen molar-refractivity contribution < 1.29 is 4.74 Å². The number of aliphatic imine (C=N–C) groups is 1. The lowest BCUT2D eigenvalue weighted by molar-refractivity contribution is 0.0674. The number of nitrogens with two attached hydrogens (primary N) is 1. The molecule has 2 aliphatic heterocycles. The first-order valence-corrected chi connectivity index (χ1v) is 8.74. The number of ether oxygens (including phenoxy) is 1. The van der Waals surface area contributed by atoms with Crippen molar-refractivity contribution in [3.63, 3.8) is 0 Å². The third-order valence-electron chi connectivity index (χ3n) is 4.64. The molecular weight excluding hydrogens is 288 g/mol. The second-order valence-electron chi connectivity index (χ2n) is 6.43. The first kappa shape index (κ1) is 16.3. The van der Waals surface area contributed by atoms with Crippen molar-refractivity contribution in [3.8, 4) is 0 Å². The normalized spacial score (nSPS) is 20.7. The molecule has 23 heavy (non-hydrogen) atoms. The van der Waals surface area contributed by atoms with E-state index in [0.717, 1.165) is 32.8 Å². The maximum absolute atomic E-state index is 6.06. The molecule has 0 unspecified atom stereocenters. The molecule has 126 valence electrons. The van der Waals surface area contributed by atoms with E-state index in [4.69, 9.17) is 10.5 Å². The van der Waals surface area contributed by atoms with Crippen molar-refractivity contribution in [2.24, 2.45) is 10.7 Å². The smallest absolute Gasteiger partial charge is 0.191 e. The summed E-state index contributed by atoms with van der Waals surface area (Å²) in [4.78, 5) is 9.16. The summed E-state index contributed by atoms with van der Waals surface area (Å²) in [6.45, 7) is 7.34. The van der Waals surface area contributed by atoms with Crippen LogP contribution in [-0.2, 0) is 17.8 Å². The van der Waals surface area contributed by atoms with Crippen molar-refractivity contribution in [1.29, 1.82) is 0 Å². The summed E-state index contributed by atoms with van der Waals surface area (Å²) >= 11 is 0. The molecule has 2 N–H and O–H groups in total. The average Bonchev–Trinajstić information content (AvgIpc) is 2.62. The molecule has 0 saturated carbocycles. The lowest BCUT2D eigenvalue weighted by Crippen LogP contribution is -2.44. The number of rotatable bonds is 4. The van der Waals surface area contributed by atoms with Gasteiger partial charge in [-0.25, -0.2) is 4.99 Å². The Morgan fingerprint density at radius 2 is 1.61 bits per heavy atom. The molecule has 0 aliphatic carbocycles. The van der Waals surface area contributed by atoms with E-state index in [1.54, 1.807) is 0 Å². The highest BCUT2D eigenvalue weighted by Crippen LogP contribution is 2.14. The van der Waals surface area contributed by atoms with Crippen LogP contribution < -0.4 is 5.73 Å². The Balaban J connectivity index is 1.50. The van der Waals surface area contributed by atoms with Gasteiger partial charge in [-0.3, -0.25) is 4.90 Å². The number of morpholine rings is 1. The van der Waals surface area contributed by atoms with E-state index in [2.05, 4.69) is 39.1 Å². The van der Waals surface area contributed by atoms with Crippen LogP contribution in [0.15, 0.2) is 29.3 Å². The molecule has 2 aliphatic rings. The van der Waals surface area contributed by atoms with Gasteiger partial charge in [-0.2, -0.15) is 0 Å². The molecule has 2 heterocycles. The van der Waals surface area contributed by atoms with Gasteiger partial charge in [-0.1, -0.05) is 30.7 Å². The molecule has 0 aromatic heterocycles. The molecule has 0 spiro atoms. The Bertz CT molecular complexity index is 502. The number of hydrogen-bond donors (Lipinski definition) is 1. The Morgan fingerprint density at radius 1 is 0.957 bits per heavy atom. The molecule has 1 aromatic rings. The fourth-order valence-electron chi connectivity index (χ4n) is 3.19. The fraction of sp³-hybridized carbons (Fsp3) is 0.611. The zero-order valence-electron chi connectivity index (χ0n) is 13.9. The molecule has 0 bridgehead atoms. The molecule has 2 fully saturated rings. The van der Waals surface area contributed by atoms with Gasteiger partial charge >= 0.3 is 0 Å². The summed E-state index contributed by atoms with van der Waals surface area (Å²) < 4.78 is 5.33. The van der Waals surface area contributed by atoms with Crippen LogP contribution in [-0.4, -0.2) is 55.2 Å². The van der Waals surface area contributed by atoms with Crippen molar-refractivity contribution >= 4 is 5.96 Å². The molecule has 1 aromatic carbocycles. The van der Waals surface area contributed by atoms with Gasteiger partial charge in [-0.05, 0) is 37.1 Å². The topological polar surface area (TPSA) is 54.1 Å². The van der Waals surface area contributed by atoms with Crippen LogP contribution in [0.1, 0.15) is 30.4 Å². The van der Waals surface area contributed by atoms with E-state index in [1.165, 1.54) is 43.5 Å². The number of guanidine groups is 1. The predicted octanol–water partition coefficient (Wildman–Crippen LogP) is 1.82. The molecule has 0 atom stereocenters. The van der Waals surface area contributed by atoms with Crippen LogP contribution in [0.25, 0.3) is 0 Å². The largest absolute Gasteiger partial charge is 0.378 e. The highest BCUT2D eigenvalue weighted by molar-refractivity contribution is 5.78. The van der Waals surface area contributed by atoms with Gasteiger partial charge in [0, 0.05) is 19.6 Å². The van der Waals surface area contributed by atoms with Gasteiger partial charge in [0.25, 0.3) is 0 Å². The minimum absolute atomic E-state index is 0.630. The molecule has 0 radical (unpaired) electrons. The number of likely N-dealkylation sites (tertiary alicyclic amines) is 1. The lowest BCUT2D eigenvalue weighted by Gasteiger charge is -2.27. The molecule has 5 heteroatoms. The van der Waals surface area contributed by atoms with Crippen LogP contribution in [0.5, 0.6) is 0 Å². The molecule has 5 nitrogen and oxygen atoms in total. The van der Waals surface area contributed by atoms with E-state index < -0.39 is 0 Å². The van der Waals surface area contributed by atoms with Gasteiger partial charge in [0.15, 0.2) is 5.96 Å². The van der Waals surface area contributed by atoms with Gasteiger partial charge in [0.1, 0.15) is 0 Å². The van der Waals surface area contributed by atoms with E-state index in [9.17, 15) is 0 Å². The van der Waals surface area contributed by atoms with Crippen molar-refractivity contribution in [3.05, 3.63) is 35.4 Å². The summed E-state index contributed by atoms with van der Waals surface area (Å²) in [7, 11) is 0. The summed E-state index contributed by atoms with van der Waals surface area (Å²) in [6.07, 6.45) is 4.07. The van der Waals surface area contributed by atoms with E-state index in [0.29, 0.717) is 12.5 Å². The van der Waals surface area contributed by atoms with Crippen LogP contribution in [0, 0.1) is 0 Å². The maximum Gasteiger partial charge on any atom is 0.191 e. The first-order chi connectivity index (χ1) is 11.3. The Morgan fingerprint density at radius 3 is 2.30 bits per heavy atom. The van der Waals surface area contributed by atoms with Crippen LogP contribution >= 0.6 is 0 Å². The van der Waals surface area contributed by atoms with E-state index in [1.807, 2.05) is 0 Å². The van der Waals surface area contributed by atoms with Crippen LogP contribution in [0.4, 0.5) is 0 Å². The van der Waals surface area contributed by atoms with E-state index in [-0.39, 0.29) is 0 Å². The number of benzene rings is 1. The number of piperidine rings is 1. The van der Waals surface area contributed by atoms with Crippen LogP contribution in [0.3, 0.4) is 0 Å². The minimum Gasteiger partial charge on any atom is -0.378 e. The van der Waals surface area contributed by atoms with Crippen molar-refractivity contribution in [2.75, 3.05) is 39.4 Å². The SMILES string of the molecule is NC(=NCc1ccc(CN2CCCCC2)cc1)N1CCOCC1. The number of hydrogen-bond acceptors (Lipinski definition) is 3. The first-order valence-electron chi connectivity index (χ1n) is 8.74. The van der Waals surface area contributed by atoms with Crippen molar-refractivity contribution in [2.45, 2.75) is 32.4 Å². The van der Waals surface area contributed by atoms with Crippen LogP contribution in [0.2, 0.25) is 0 Å². The zero-order valence-corrected chi connectivity index (χ0v) is 13.9. The molecule has 3 rings (SSSR count). The summed E-state index contributed by atoms with van der Waals surface area (Å²) in [5, 5.41) is 0. The quantitative estimate of drug-likeness (QED) is 0.680. The average molecular weight is 316 g/mol. The molecule has 0 amide bonds. The fourth-order valence-corrected chi connectivity index (χ4v) is 3.19. The van der Waals surface area contributed by atoms with Gasteiger partial charge < -0.3 is 15.4 Å². The summed E-state index contributed by atoms with van der Waals surface area (Å²) in [5.41, 5.74) is 8.66. The minimum atomic E-state index is 0.630. The Hall–Kier alpha value is -1.59. The van der Waals surface area contributed by atoms with Gasteiger partial charge in [-0.15, -0.1) is 0 Å². The molecule has 2 saturated heterocycles. The second-order valence-corrected chi connectivity index (χ2v) is 6.43. The Labute approximate surface area is 139 Å². The number of nitrogens with zero attached hydrogens (tertiary/aromatic N) is 3. The maximum atomic E-state index is 6.06. The van der Waals surface area contributed by atoms with Crippen molar-refractivity contribution in [1.82, 2.24) is 9.80 Å². The van der Waals surface area contributed by atoms with E-state index >= 15 is 0 Å². The van der Waals surface area contributed by atoms with Gasteiger partial charge in [0.2, 0.25) is 0 Å². The highest BCUT2D eigenvalue weighted by Gasteiger charge is 2.12. The zero-order chi connectivity index (χ0) is 15.9. The summed E-state index contributed by atoms with van der Waals surface area (Å²) in [6, 6.07) is 8.81. The predicted molar refractivity (Wildman–Crippen MR) is 93.3 cm³/mol.